The van der Waals surface area contributed by atoms with Crippen LogP contribution in [0, 0.1) is 11.3 Å². The maximum absolute atomic E-state index is 11.8. The van der Waals surface area contributed by atoms with Gasteiger partial charge in [-0.2, -0.15) is 5.26 Å². The van der Waals surface area contributed by atoms with Crippen molar-refractivity contribution in [2.45, 2.75) is 9.79 Å². The zero-order valence-electron chi connectivity index (χ0n) is 12.8. The van der Waals surface area contributed by atoms with Gasteiger partial charge in [0.2, 0.25) is 0 Å². The molecule has 0 atom stereocenters. The molecule has 0 heterocycles. The molecule has 24 heavy (non-hydrogen) atoms. The number of para-hydroxylation sites is 1. The summed E-state index contributed by atoms with van der Waals surface area (Å²) in [4.78, 5) is 13.9. The maximum atomic E-state index is 11.8. The highest BCUT2D eigenvalue weighted by atomic mass is 35.5. The first-order chi connectivity index (χ1) is 11.7. The molecule has 2 N–H and O–H groups in total. The molecule has 0 radical (unpaired) electrons. The van der Waals surface area contributed by atoms with Crippen LogP contribution >= 0.6 is 23.4 Å². The van der Waals surface area contributed by atoms with Crippen LogP contribution < -0.4 is 10.6 Å². The van der Waals surface area contributed by atoms with Gasteiger partial charge in [0.25, 0.3) is 5.91 Å². The van der Waals surface area contributed by atoms with E-state index in [4.69, 9.17) is 16.9 Å². The minimum atomic E-state index is -0.446. The predicted octanol–water partition coefficient (Wildman–Crippen LogP) is 4.01. The van der Waals surface area contributed by atoms with Crippen molar-refractivity contribution in [2.75, 3.05) is 17.7 Å². The Kier molecular flexibility index (Phi) is 7.21. The fraction of sp³-hybridized carbons (Fsp3) is 0.111. The van der Waals surface area contributed by atoms with Gasteiger partial charge >= 0.3 is 0 Å². The van der Waals surface area contributed by atoms with E-state index in [0.717, 1.165) is 15.5 Å². The summed E-state index contributed by atoms with van der Waals surface area (Å²) in [5.41, 5.74) is 0.823. The van der Waals surface area contributed by atoms with Crippen molar-refractivity contribution in [1.82, 2.24) is 5.32 Å². The van der Waals surface area contributed by atoms with Gasteiger partial charge in [-0.15, -0.1) is 11.6 Å². The van der Waals surface area contributed by atoms with Crippen LogP contribution in [0.25, 0.3) is 0 Å². The molecule has 6 heteroatoms. The van der Waals surface area contributed by atoms with Crippen LogP contribution in [0.1, 0.15) is 0 Å². The number of benzene rings is 2. The van der Waals surface area contributed by atoms with Crippen molar-refractivity contribution >= 4 is 35.0 Å². The normalized spacial score (nSPS) is 10.8. The summed E-state index contributed by atoms with van der Waals surface area (Å²) in [5.74, 6) is -0.145. The van der Waals surface area contributed by atoms with E-state index in [1.54, 1.807) is 11.8 Å². The molecule has 0 fully saturated rings. The first-order valence-corrected chi connectivity index (χ1v) is 8.62. The summed E-state index contributed by atoms with van der Waals surface area (Å²) in [5, 5.41) is 14.7. The zero-order chi connectivity index (χ0) is 17.2. The number of anilines is 1. The second-order valence-electron chi connectivity index (χ2n) is 4.67. The van der Waals surface area contributed by atoms with Crippen molar-refractivity contribution in [3.8, 4) is 6.07 Å². The number of carbonyl (C=O) groups excluding carboxylic acids is 1. The molecule has 2 aromatic carbocycles. The summed E-state index contributed by atoms with van der Waals surface area (Å²) < 4.78 is 0. The topological polar surface area (TPSA) is 64.9 Å². The Balaban J connectivity index is 2.13. The second kappa shape index (κ2) is 9.66. The molecular weight excluding hydrogens is 342 g/mol. The van der Waals surface area contributed by atoms with Crippen LogP contribution in [0.15, 0.2) is 76.2 Å². The van der Waals surface area contributed by atoms with Crippen molar-refractivity contribution < 1.29 is 4.79 Å². The molecular formula is C18H16ClN3OS. The lowest BCUT2D eigenvalue weighted by atomic mass is 10.3. The Morgan fingerprint density at radius 1 is 1.17 bits per heavy atom. The van der Waals surface area contributed by atoms with Crippen molar-refractivity contribution in [3.63, 3.8) is 0 Å². The molecule has 0 aliphatic rings. The molecule has 0 saturated carbocycles. The summed E-state index contributed by atoms with van der Waals surface area (Å²) in [6.45, 7) is 0.319. The number of hydrogen-bond acceptors (Lipinski definition) is 4. The van der Waals surface area contributed by atoms with E-state index in [9.17, 15) is 4.79 Å². The van der Waals surface area contributed by atoms with Crippen molar-refractivity contribution in [3.05, 3.63) is 66.4 Å². The zero-order valence-corrected chi connectivity index (χ0v) is 14.4. The Morgan fingerprint density at radius 2 is 1.88 bits per heavy atom. The minimum absolute atomic E-state index is 0.000342. The van der Waals surface area contributed by atoms with E-state index in [2.05, 4.69) is 10.6 Å². The van der Waals surface area contributed by atoms with Gasteiger partial charge in [0.1, 0.15) is 11.6 Å². The molecule has 1 amide bonds. The molecule has 0 saturated heterocycles. The molecule has 4 nitrogen and oxygen atoms in total. The first kappa shape index (κ1) is 17.9. The van der Waals surface area contributed by atoms with Gasteiger partial charge in [0.15, 0.2) is 0 Å². The van der Waals surface area contributed by atoms with Crippen LogP contribution in [0.2, 0.25) is 0 Å². The highest BCUT2D eigenvalue weighted by Crippen LogP contribution is 2.33. The third-order valence-electron chi connectivity index (χ3n) is 2.98. The van der Waals surface area contributed by atoms with Gasteiger partial charge in [0, 0.05) is 28.4 Å². The van der Waals surface area contributed by atoms with E-state index < -0.39 is 5.91 Å². The van der Waals surface area contributed by atoms with Crippen molar-refractivity contribution in [2.24, 2.45) is 0 Å². The van der Waals surface area contributed by atoms with Gasteiger partial charge in [-0.05, 0) is 24.3 Å². The molecule has 0 spiro atoms. The number of carbonyl (C=O) groups is 1. The molecule has 0 bridgehead atoms. The molecule has 0 aliphatic carbocycles. The first-order valence-electron chi connectivity index (χ1n) is 7.27. The minimum Gasteiger partial charge on any atom is -0.359 e. The summed E-state index contributed by atoms with van der Waals surface area (Å²) in [6.07, 6.45) is 1.41. The number of nitrogens with one attached hydrogen (secondary N) is 2. The Hall–Kier alpha value is -2.42. The van der Waals surface area contributed by atoms with E-state index >= 15 is 0 Å². The van der Waals surface area contributed by atoms with Crippen LogP contribution in [-0.4, -0.2) is 18.3 Å². The van der Waals surface area contributed by atoms with Crippen LogP contribution in [0.5, 0.6) is 0 Å². The lowest BCUT2D eigenvalue weighted by Crippen LogP contribution is -2.26. The number of nitriles is 1. The largest absolute Gasteiger partial charge is 0.359 e. The molecule has 0 unspecified atom stereocenters. The highest BCUT2D eigenvalue weighted by molar-refractivity contribution is 7.99. The number of halogens is 1. The summed E-state index contributed by atoms with van der Waals surface area (Å²) in [7, 11) is 0. The van der Waals surface area contributed by atoms with Crippen molar-refractivity contribution in [1.29, 1.82) is 5.26 Å². The fourth-order valence-electron chi connectivity index (χ4n) is 1.84. The average Bonchev–Trinajstić information content (AvgIpc) is 2.62. The smallest absolute Gasteiger partial charge is 0.263 e. The van der Waals surface area contributed by atoms with Gasteiger partial charge in [-0.3, -0.25) is 4.79 Å². The highest BCUT2D eigenvalue weighted by Gasteiger charge is 2.08. The number of nitrogens with zero attached hydrogens (tertiary/aromatic N) is 1. The monoisotopic (exact) mass is 357 g/mol. The predicted molar refractivity (Wildman–Crippen MR) is 98.1 cm³/mol. The maximum Gasteiger partial charge on any atom is 0.263 e. The number of amides is 1. The van der Waals surface area contributed by atoms with Gasteiger partial charge in [-0.25, -0.2) is 0 Å². The Labute approximate surface area is 150 Å². The fourth-order valence-corrected chi connectivity index (χ4v) is 2.87. The molecule has 0 aliphatic heterocycles. The van der Waals surface area contributed by atoms with E-state index in [1.807, 2.05) is 60.7 Å². The lowest BCUT2D eigenvalue weighted by molar-refractivity contribution is -0.117. The van der Waals surface area contributed by atoms with Crippen LogP contribution in [-0.2, 0) is 4.79 Å². The molecule has 2 aromatic rings. The number of rotatable bonds is 7. The standard InChI is InChI=1S/C18H16ClN3OS/c19-10-11-21-18(23)14(12-20)13-22-16-8-4-5-9-17(16)24-15-6-2-1-3-7-15/h1-9,13,22H,10-11H2,(H,21,23)/b14-13-. The van der Waals surface area contributed by atoms with E-state index in [1.165, 1.54) is 6.20 Å². The van der Waals surface area contributed by atoms with Crippen LogP contribution in [0.4, 0.5) is 5.69 Å². The van der Waals surface area contributed by atoms with Crippen LogP contribution in [0.3, 0.4) is 0 Å². The summed E-state index contributed by atoms with van der Waals surface area (Å²) in [6, 6.07) is 19.6. The third kappa shape index (κ3) is 5.34. The lowest BCUT2D eigenvalue weighted by Gasteiger charge is -2.09. The van der Waals surface area contributed by atoms with E-state index in [-0.39, 0.29) is 5.57 Å². The Bertz CT molecular complexity index is 756. The number of hydrogen-bond donors (Lipinski definition) is 2. The third-order valence-corrected chi connectivity index (χ3v) is 4.25. The van der Waals surface area contributed by atoms with Gasteiger partial charge in [-0.1, -0.05) is 42.1 Å². The molecule has 0 aromatic heterocycles. The summed E-state index contributed by atoms with van der Waals surface area (Å²) >= 11 is 7.13. The Morgan fingerprint density at radius 3 is 2.58 bits per heavy atom. The average molecular weight is 358 g/mol. The molecule has 122 valence electrons. The molecule has 2 rings (SSSR count). The second-order valence-corrected chi connectivity index (χ2v) is 6.16. The van der Waals surface area contributed by atoms with Gasteiger partial charge in [0.05, 0.1) is 5.69 Å². The quantitative estimate of drug-likeness (QED) is 0.446. The van der Waals surface area contributed by atoms with E-state index in [0.29, 0.717) is 12.4 Å². The SMILES string of the molecule is N#C/C(=C/Nc1ccccc1Sc1ccccc1)C(=O)NCCCl. The van der Waals surface area contributed by atoms with Gasteiger partial charge < -0.3 is 10.6 Å². The number of alkyl halides is 1.